The number of nitrogens with zero attached hydrogens (tertiary/aromatic N) is 1. The van der Waals surface area contributed by atoms with E-state index < -0.39 is 5.54 Å². The summed E-state index contributed by atoms with van der Waals surface area (Å²) in [6.45, 7) is 3.97. The zero-order valence-electron chi connectivity index (χ0n) is 12.2. The Labute approximate surface area is 150 Å². The van der Waals surface area contributed by atoms with Gasteiger partial charge < -0.3 is 4.74 Å². The van der Waals surface area contributed by atoms with Crippen LogP contribution in [0.2, 0.25) is 10.0 Å². The molecule has 2 rings (SSSR count). The van der Waals surface area contributed by atoms with Crippen molar-refractivity contribution >= 4 is 58.8 Å². The van der Waals surface area contributed by atoms with Crippen molar-refractivity contribution in [3.8, 4) is 0 Å². The van der Waals surface area contributed by atoms with Gasteiger partial charge >= 0.3 is 0 Å². The van der Waals surface area contributed by atoms with Gasteiger partial charge in [0.15, 0.2) is 0 Å². The monoisotopic (exact) mass is 384 g/mol. The average Bonchev–Trinajstić information content (AvgIpc) is 2.80. The highest BCUT2D eigenvalue weighted by Gasteiger charge is 2.36. The molecule has 0 spiro atoms. The van der Waals surface area contributed by atoms with Gasteiger partial charge in [-0.15, -0.1) is 12.4 Å². The molecule has 1 aromatic carbocycles. The van der Waals surface area contributed by atoms with E-state index in [0.717, 1.165) is 6.42 Å². The maximum atomic E-state index is 6.19. The standard InChI is InChI=1S/C14H15Cl3N2O2.ClH/c1-4-14(2)11(7-15)21-13(18-14)8-5-9(16)12(19-20-3)10(17)6-8;/h5-7,19H,4H2,1-3H3;1H. The van der Waals surface area contributed by atoms with E-state index in [-0.39, 0.29) is 12.4 Å². The van der Waals surface area contributed by atoms with Crippen molar-refractivity contribution in [1.29, 1.82) is 0 Å². The number of ether oxygens (including phenoxy) is 1. The zero-order valence-corrected chi connectivity index (χ0v) is 15.3. The van der Waals surface area contributed by atoms with Crippen molar-refractivity contribution in [3.05, 3.63) is 39.0 Å². The third-order valence-electron chi connectivity index (χ3n) is 3.37. The molecule has 1 atom stereocenters. The second-order valence-electron chi connectivity index (χ2n) is 4.74. The number of rotatable bonds is 4. The fourth-order valence-electron chi connectivity index (χ4n) is 1.93. The summed E-state index contributed by atoms with van der Waals surface area (Å²) in [5.74, 6) is 1.05. The van der Waals surface area contributed by atoms with Gasteiger partial charge in [-0.05, 0) is 25.5 Å². The van der Waals surface area contributed by atoms with Crippen LogP contribution >= 0.6 is 47.2 Å². The minimum Gasteiger partial charge on any atom is -0.440 e. The van der Waals surface area contributed by atoms with E-state index in [1.807, 2.05) is 13.8 Å². The summed E-state index contributed by atoms with van der Waals surface area (Å²) < 4.78 is 5.72. The number of hydrogen-bond acceptors (Lipinski definition) is 4. The first-order valence-electron chi connectivity index (χ1n) is 6.32. The van der Waals surface area contributed by atoms with Crippen molar-refractivity contribution in [3.63, 3.8) is 0 Å². The lowest BCUT2D eigenvalue weighted by Crippen LogP contribution is -2.19. The molecule has 0 radical (unpaired) electrons. The predicted octanol–water partition coefficient (Wildman–Crippen LogP) is 5.41. The number of halogens is 4. The molecule has 0 bridgehead atoms. The van der Waals surface area contributed by atoms with Crippen LogP contribution in [-0.2, 0) is 9.57 Å². The fourth-order valence-corrected chi connectivity index (χ4v) is 2.77. The molecule has 1 unspecified atom stereocenters. The van der Waals surface area contributed by atoms with E-state index in [1.54, 1.807) is 12.1 Å². The Balaban J connectivity index is 0.00000242. The van der Waals surface area contributed by atoms with Gasteiger partial charge in [-0.1, -0.05) is 41.7 Å². The maximum absolute atomic E-state index is 6.19. The van der Waals surface area contributed by atoms with Gasteiger partial charge in [-0.25, -0.2) is 4.99 Å². The zero-order chi connectivity index (χ0) is 15.6. The lowest BCUT2D eigenvalue weighted by molar-refractivity contribution is 0.271. The minimum absolute atomic E-state index is 0. The van der Waals surface area contributed by atoms with Crippen LogP contribution in [0.25, 0.3) is 0 Å². The highest BCUT2D eigenvalue weighted by molar-refractivity contribution is 6.39. The molecule has 1 N–H and O–H groups in total. The van der Waals surface area contributed by atoms with Crippen molar-refractivity contribution < 1.29 is 9.57 Å². The van der Waals surface area contributed by atoms with Crippen molar-refractivity contribution in [2.24, 2.45) is 4.99 Å². The summed E-state index contributed by atoms with van der Waals surface area (Å²) in [5.41, 5.74) is 4.74. The van der Waals surface area contributed by atoms with Crippen LogP contribution in [0, 0.1) is 0 Å². The van der Waals surface area contributed by atoms with E-state index in [2.05, 4.69) is 10.5 Å². The first-order valence-corrected chi connectivity index (χ1v) is 7.51. The molecule has 4 nitrogen and oxygen atoms in total. The summed E-state index contributed by atoms with van der Waals surface area (Å²) in [4.78, 5) is 9.42. The van der Waals surface area contributed by atoms with Crippen LogP contribution < -0.4 is 5.48 Å². The normalized spacial score (nSPS) is 22.1. The van der Waals surface area contributed by atoms with Crippen LogP contribution in [0.5, 0.6) is 0 Å². The number of aliphatic imine (C=N–C) groups is 1. The minimum atomic E-state index is -0.473. The summed E-state index contributed by atoms with van der Waals surface area (Å²) in [5, 5.41) is 0.819. The van der Waals surface area contributed by atoms with Crippen LogP contribution in [0.4, 0.5) is 5.69 Å². The largest absolute Gasteiger partial charge is 0.440 e. The Morgan fingerprint density at radius 3 is 2.36 bits per heavy atom. The molecule has 8 heteroatoms. The van der Waals surface area contributed by atoms with Crippen molar-refractivity contribution in [2.45, 2.75) is 25.8 Å². The molecule has 1 aliphatic rings. The molecule has 1 heterocycles. The molecule has 0 amide bonds. The smallest absolute Gasteiger partial charge is 0.222 e. The van der Waals surface area contributed by atoms with E-state index >= 15 is 0 Å². The Morgan fingerprint density at radius 1 is 1.36 bits per heavy atom. The summed E-state index contributed by atoms with van der Waals surface area (Å²) in [7, 11) is 1.48. The highest BCUT2D eigenvalue weighted by atomic mass is 35.5. The van der Waals surface area contributed by atoms with E-state index in [1.165, 1.54) is 12.6 Å². The molecule has 0 saturated heterocycles. The number of hydrogen-bond donors (Lipinski definition) is 1. The second kappa shape index (κ2) is 7.75. The predicted molar refractivity (Wildman–Crippen MR) is 94.6 cm³/mol. The first-order chi connectivity index (χ1) is 9.95. The Bertz CT molecular complexity index is 596. The lowest BCUT2D eigenvalue weighted by Gasteiger charge is -2.16. The molecular weight excluding hydrogens is 370 g/mol. The van der Waals surface area contributed by atoms with Crippen LogP contribution in [0.1, 0.15) is 25.8 Å². The molecule has 1 aliphatic heterocycles. The van der Waals surface area contributed by atoms with Gasteiger partial charge in [0.05, 0.1) is 22.8 Å². The molecule has 0 aliphatic carbocycles. The maximum Gasteiger partial charge on any atom is 0.222 e. The third-order valence-corrected chi connectivity index (χ3v) is 4.16. The molecule has 1 aromatic rings. The van der Waals surface area contributed by atoms with Gasteiger partial charge in [0.25, 0.3) is 0 Å². The molecule has 0 aromatic heterocycles. The lowest BCUT2D eigenvalue weighted by atomic mass is 9.99. The third kappa shape index (κ3) is 3.63. The topological polar surface area (TPSA) is 42.9 Å². The number of benzene rings is 1. The van der Waals surface area contributed by atoms with Gasteiger partial charge in [0, 0.05) is 11.1 Å². The molecule has 122 valence electrons. The van der Waals surface area contributed by atoms with Crippen LogP contribution in [0.15, 0.2) is 28.4 Å². The quantitative estimate of drug-likeness (QED) is 0.704. The van der Waals surface area contributed by atoms with Gasteiger partial charge in [0.2, 0.25) is 5.90 Å². The van der Waals surface area contributed by atoms with Crippen molar-refractivity contribution in [1.82, 2.24) is 0 Å². The van der Waals surface area contributed by atoms with Gasteiger partial charge in [-0.3, -0.25) is 10.3 Å². The molecular formula is C14H16Cl4N2O2. The van der Waals surface area contributed by atoms with Gasteiger partial charge in [-0.2, -0.15) is 0 Å². The van der Waals surface area contributed by atoms with E-state index in [4.69, 9.17) is 44.4 Å². The average molecular weight is 386 g/mol. The SMILES string of the molecule is CCC1(C)N=C(c2cc(Cl)c(NOC)c(Cl)c2)OC1=CCl.Cl. The van der Waals surface area contributed by atoms with E-state index in [9.17, 15) is 0 Å². The first kappa shape index (κ1) is 19.4. The number of anilines is 1. The Kier molecular flexibility index (Phi) is 6.84. The highest BCUT2D eigenvalue weighted by Crippen LogP contribution is 2.37. The second-order valence-corrected chi connectivity index (χ2v) is 5.77. The summed E-state index contributed by atoms with van der Waals surface area (Å²) in [6, 6.07) is 3.42. The molecule has 22 heavy (non-hydrogen) atoms. The van der Waals surface area contributed by atoms with Gasteiger partial charge in [0.1, 0.15) is 11.3 Å². The Hall–Kier alpha value is -0.650. The summed E-state index contributed by atoms with van der Waals surface area (Å²) >= 11 is 18.2. The van der Waals surface area contributed by atoms with Crippen LogP contribution in [-0.4, -0.2) is 18.5 Å². The summed E-state index contributed by atoms with van der Waals surface area (Å²) in [6.07, 6.45) is 0.764. The molecule has 0 fully saturated rings. The number of nitrogens with one attached hydrogen (secondary N) is 1. The fraction of sp³-hybridized carbons (Fsp3) is 0.357. The van der Waals surface area contributed by atoms with Crippen LogP contribution in [0.3, 0.4) is 0 Å². The molecule has 0 saturated carbocycles. The Morgan fingerprint density at radius 2 is 1.95 bits per heavy atom. The van der Waals surface area contributed by atoms with Crippen molar-refractivity contribution in [2.75, 3.05) is 12.6 Å². The van der Waals surface area contributed by atoms with E-state index in [0.29, 0.717) is 33.0 Å².